The number of carbonyl (C=O) groups is 1. The quantitative estimate of drug-likeness (QED) is 0.549. The van der Waals surface area contributed by atoms with E-state index < -0.39 is 0 Å². The molecule has 9 heteroatoms. The van der Waals surface area contributed by atoms with Gasteiger partial charge in [-0.3, -0.25) is 4.79 Å². The van der Waals surface area contributed by atoms with Crippen LogP contribution in [0.4, 0.5) is 5.82 Å². The topological polar surface area (TPSA) is 105 Å². The first kappa shape index (κ1) is 23.5. The first-order valence-electron chi connectivity index (χ1n) is 11.5. The van der Waals surface area contributed by atoms with Crippen LogP contribution in [0.5, 0.6) is 5.75 Å². The van der Waals surface area contributed by atoms with Gasteiger partial charge in [-0.1, -0.05) is 13.8 Å². The van der Waals surface area contributed by atoms with Crippen molar-refractivity contribution in [2.24, 2.45) is 5.92 Å². The lowest BCUT2D eigenvalue weighted by atomic mass is 10.1. The number of nitriles is 1. The van der Waals surface area contributed by atoms with Gasteiger partial charge >= 0.3 is 0 Å². The Labute approximate surface area is 199 Å². The summed E-state index contributed by atoms with van der Waals surface area (Å²) in [5.41, 5.74) is 2.89. The fraction of sp³-hybridized carbons (Fsp3) is 0.440. The zero-order chi connectivity index (χ0) is 24.2. The molecule has 3 aromatic heterocycles. The molecule has 1 aliphatic heterocycles. The summed E-state index contributed by atoms with van der Waals surface area (Å²) in [6.07, 6.45) is 5.51. The molecule has 1 saturated heterocycles. The molecule has 1 fully saturated rings. The van der Waals surface area contributed by atoms with E-state index in [1.807, 2.05) is 39.0 Å². The third kappa shape index (κ3) is 4.82. The summed E-state index contributed by atoms with van der Waals surface area (Å²) in [6.45, 7) is 7.77. The van der Waals surface area contributed by atoms with E-state index >= 15 is 0 Å². The summed E-state index contributed by atoms with van der Waals surface area (Å²) >= 11 is 0. The van der Waals surface area contributed by atoms with Gasteiger partial charge in [-0.2, -0.15) is 10.4 Å². The van der Waals surface area contributed by atoms with Crippen molar-refractivity contribution in [3.8, 4) is 22.9 Å². The molecule has 0 aliphatic carbocycles. The number of fused-ring (bicyclic) bond motifs is 1. The van der Waals surface area contributed by atoms with Crippen molar-refractivity contribution in [2.45, 2.75) is 39.3 Å². The van der Waals surface area contributed by atoms with E-state index in [0.717, 1.165) is 16.9 Å². The van der Waals surface area contributed by atoms with Crippen molar-refractivity contribution in [3.05, 3.63) is 42.4 Å². The van der Waals surface area contributed by atoms with E-state index in [1.165, 1.54) is 0 Å². The van der Waals surface area contributed by atoms with Gasteiger partial charge in [-0.15, -0.1) is 0 Å². The number of nitrogens with zero attached hydrogens (tertiary/aromatic N) is 5. The van der Waals surface area contributed by atoms with Crippen LogP contribution in [0.15, 0.2) is 36.8 Å². The molecule has 0 spiro atoms. The SMILES string of the molecule is CCOc1cc(-c2ccc(N3CC(NC(=O)CC(C)C)[C@H](OC)C3)nc2)c2c(C#N)cnn2c1. The smallest absolute Gasteiger partial charge is 0.220 e. The highest BCUT2D eigenvalue weighted by molar-refractivity contribution is 5.85. The predicted octanol–water partition coefficient (Wildman–Crippen LogP) is 3.03. The minimum atomic E-state index is -0.106. The van der Waals surface area contributed by atoms with Gasteiger partial charge in [0.1, 0.15) is 17.6 Å². The predicted molar refractivity (Wildman–Crippen MR) is 129 cm³/mol. The van der Waals surface area contributed by atoms with Crippen LogP contribution in [0.3, 0.4) is 0 Å². The molecule has 4 rings (SSSR count). The highest BCUT2D eigenvalue weighted by Crippen LogP contribution is 2.31. The molecular formula is C25H30N6O3. The van der Waals surface area contributed by atoms with Gasteiger partial charge in [-0.05, 0) is 31.0 Å². The van der Waals surface area contributed by atoms with Crippen LogP contribution in [0.1, 0.15) is 32.8 Å². The van der Waals surface area contributed by atoms with E-state index in [4.69, 9.17) is 14.5 Å². The zero-order valence-electron chi connectivity index (χ0n) is 20.0. The molecular weight excluding hydrogens is 432 g/mol. The van der Waals surface area contributed by atoms with Crippen LogP contribution >= 0.6 is 0 Å². The molecule has 1 amide bonds. The maximum atomic E-state index is 12.3. The van der Waals surface area contributed by atoms with Gasteiger partial charge in [0.05, 0.1) is 42.2 Å². The van der Waals surface area contributed by atoms with Crippen LogP contribution in [0, 0.1) is 17.2 Å². The number of nitrogens with one attached hydrogen (secondary N) is 1. The minimum absolute atomic E-state index is 0.0412. The van der Waals surface area contributed by atoms with Gasteiger partial charge < -0.3 is 19.7 Å². The summed E-state index contributed by atoms with van der Waals surface area (Å²) in [5, 5.41) is 17.0. The highest BCUT2D eigenvalue weighted by Gasteiger charge is 2.34. The average Bonchev–Trinajstić information content (AvgIpc) is 3.42. The molecule has 0 saturated carbocycles. The van der Waals surface area contributed by atoms with Crippen molar-refractivity contribution >= 4 is 17.2 Å². The number of carbonyl (C=O) groups excluding carboxylic acids is 1. The second kappa shape index (κ2) is 10.1. The highest BCUT2D eigenvalue weighted by atomic mass is 16.5. The summed E-state index contributed by atoms with van der Waals surface area (Å²) in [5.74, 6) is 1.82. The van der Waals surface area contributed by atoms with Gasteiger partial charge in [0.2, 0.25) is 5.91 Å². The molecule has 34 heavy (non-hydrogen) atoms. The van der Waals surface area contributed by atoms with Gasteiger partial charge in [0, 0.05) is 43.9 Å². The Morgan fingerprint density at radius 2 is 2.15 bits per heavy atom. The molecule has 4 heterocycles. The van der Waals surface area contributed by atoms with E-state index in [1.54, 1.807) is 30.2 Å². The van der Waals surface area contributed by atoms with E-state index in [0.29, 0.717) is 48.9 Å². The van der Waals surface area contributed by atoms with E-state index in [-0.39, 0.29) is 18.1 Å². The van der Waals surface area contributed by atoms with Crippen molar-refractivity contribution in [2.75, 3.05) is 31.7 Å². The van der Waals surface area contributed by atoms with Crippen molar-refractivity contribution in [3.63, 3.8) is 0 Å². The first-order valence-corrected chi connectivity index (χ1v) is 11.5. The summed E-state index contributed by atoms with van der Waals surface area (Å²) in [4.78, 5) is 19.1. The number of methoxy groups -OCH3 is 1. The number of amides is 1. The van der Waals surface area contributed by atoms with Crippen LogP contribution in [-0.2, 0) is 9.53 Å². The van der Waals surface area contributed by atoms with Crippen LogP contribution in [0.25, 0.3) is 16.6 Å². The Kier molecular flexibility index (Phi) is 6.98. The molecule has 0 radical (unpaired) electrons. The molecule has 0 aromatic carbocycles. The Morgan fingerprint density at radius 3 is 2.79 bits per heavy atom. The molecule has 1 N–H and O–H groups in total. The lowest BCUT2D eigenvalue weighted by Crippen LogP contribution is -2.43. The fourth-order valence-corrected chi connectivity index (χ4v) is 4.35. The van der Waals surface area contributed by atoms with Crippen molar-refractivity contribution < 1.29 is 14.3 Å². The van der Waals surface area contributed by atoms with Crippen LogP contribution in [-0.4, -0.2) is 59.5 Å². The Hall–Kier alpha value is -3.64. The van der Waals surface area contributed by atoms with Crippen molar-refractivity contribution in [1.29, 1.82) is 5.26 Å². The molecule has 178 valence electrons. The van der Waals surface area contributed by atoms with Crippen LogP contribution in [0.2, 0.25) is 0 Å². The molecule has 9 nitrogen and oxygen atoms in total. The van der Waals surface area contributed by atoms with Gasteiger partial charge in [-0.25, -0.2) is 9.50 Å². The standard InChI is InChI=1S/C25H30N6O3/c1-5-34-19-9-20(25-18(10-26)12-28-31(25)13-19)17-6-7-23(27-11-17)30-14-21(22(15-30)33-4)29-24(32)8-16(2)3/h6-7,9,11-13,16,21-22H,5,8,14-15H2,1-4H3,(H,29,32)/t21?,22-/m1/s1. The molecule has 1 unspecified atom stereocenters. The summed E-state index contributed by atoms with van der Waals surface area (Å²) in [7, 11) is 1.67. The second-order valence-corrected chi connectivity index (χ2v) is 8.84. The normalized spacial score (nSPS) is 17.8. The summed E-state index contributed by atoms with van der Waals surface area (Å²) in [6, 6.07) is 7.96. The monoisotopic (exact) mass is 462 g/mol. The Morgan fingerprint density at radius 1 is 1.32 bits per heavy atom. The average molecular weight is 463 g/mol. The third-order valence-electron chi connectivity index (χ3n) is 5.91. The third-order valence-corrected chi connectivity index (χ3v) is 5.91. The zero-order valence-corrected chi connectivity index (χ0v) is 20.0. The molecule has 3 aromatic rings. The number of hydrogen-bond donors (Lipinski definition) is 1. The van der Waals surface area contributed by atoms with E-state index in [2.05, 4.69) is 21.4 Å². The maximum Gasteiger partial charge on any atom is 0.220 e. The number of aromatic nitrogens is 3. The summed E-state index contributed by atoms with van der Waals surface area (Å²) < 4.78 is 13.0. The number of anilines is 1. The number of rotatable bonds is 8. The lowest BCUT2D eigenvalue weighted by molar-refractivity contribution is -0.123. The molecule has 2 atom stereocenters. The minimum Gasteiger partial charge on any atom is -0.492 e. The largest absolute Gasteiger partial charge is 0.492 e. The van der Waals surface area contributed by atoms with Crippen LogP contribution < -0.4 is 15.0 Å². The maximum absolute atomic E-state index is 12.3. The Balaban J connectivity index is 1.58. The van der Waals surface area contributed by atoms with Gasteiger partial charge in [0.15, 0.2) is 0 Å². The molecule has 0 bridgehead atoms. The number of ether oxygens (including phenoxy) is 2. The van der Waals surface area contributed by atoms with Crippen molar-refractivity contribution in [1.82, 2.24) is 19.9 Å². The Bertz CT molecular complexity index is 1200. The first-order chi connectivity index (χ1) is 16.4. The fourth-order valence-electron chi connectivity index (χ4n) is 4.35. The van der Waals surface area contributed by atoms with Gasteiger partial charge in [0.25, 0.3) is 0 Å². The lowest BCUT2D eigenvalue weighted by Gasteiger charge is -2.19. The molecule has 1 aliphatic rings. The number of hydrogen-bond acceptors (Lipinski definition) is 7. The second-order valence-electron chi connectivity index (χ2n) is 8.84. The van der Waals surface area contributed by atoms with E-state index in [9.17, 15) is 10.1 Å². The number of pyridine rings is 2.